The van der Waals surface area contributed by atoms with Crippen molar-refractivity contribution in [1.82, 2.24) is 0 Å². The van der Waals surface area contributed by atoms with E-state index in [4.69, 9.17) is 4.42 Å². The molecule has 0 spiro atoms. The molecule has 0 amide bonds. The number of fused-ring (bicyclic) bond motifs is 2. The van der Waals surface area contributed by atoms with E-state index in [2.05, 4.69) is 0 Å². The largest absolute Gasteiger partial charge is 0.508 e. The zero-order valence-corrected chi connectivity index (χ0v) is 15.3. The van der Waals surface area contributed by atoms with E-state index in [-0.39, 0.29) is 22.3 Å². The summed E-state index contributed by atoms with van der Waals surface area (Å²) in [5.41, 5.74) is 4.11. The Kier molecular flexibility index (Phi) is 3.85. The van der Waals surface area contributed by atoms with Crippen molar-refractivity contribution in [1.29, 1.82) is 0 Å². The van der Waals surface area contributed by atoms with E-state index in [1.165, 1.54) is 6.07 Å². The van der Waals surface area contributed by atoms with Gasteiger partial charge in [0.15, 0.2) is 0 Å². The van der Waals surface area contributed by atoms with Gasteiger partial charge in [-0.15, -0.1) is 0 Å². The lowest BCUT2D eigenvalue weighted by Gasteiger charge is -2.13. The second kappa shape index (κ2) is 6.53. The molecule has 29 heavy (non-hydrogen) atoms. The molecule has 4 nitrogen and oxygen atoms in total. The first kappa shape index (κ1) is 17.1. The second-order valence-corrected chi connectivity index (χ2v) is 6.89. The zero-order chi connectivity index (χ0) is 20.0. The third kappa shape index (κ3) is 2.82. The van der Waals surface area contributed by atoms with Gasteiger partial charge in [-0.1, -0.05) is 48.5 Å². The van der Waals surface area contributed by atoms with Gasteiger partial charge in [-0.25, -0.2) is 0 Å². The molecule has 4 aromatic carbocycles. The van der Waals surface area contributed by atoms with E-state index in [9.17, 15) is 15.0 Å². The third-order valence-electron chi connectivity index (χ3n) is 5.08. The van der Waals surface area contributed by atoms with Crippen molar-refractivity contribution in [2.75, 3.05) is 0 Å². The Balaban J connectivity index is 1.91. The maximum absolute atomic E-state index is 13.1. The first-order valence-corrected chi connectivity index (χ1v) is 9.19. The molecular weight excluding hydrogens is 364 g/mol. The second-order valence-electron chi connectivity index (χ2n) is 6.89. The van der Waals surface area contributed by atoms with Crippen molar-refractivity contribution in [3.8, 4) is 33.8 Å². The van der Waals surface area contributed by atoms with Gasteiger partial charge in [0.05, 0.1) is 5.39 Å². The molecule has 0 radical (unpaired) electrons. The van der Waals surface area contributed by atoms with Crippen LogP contribution in [0.1, 0.15) is 0 Å². The van der Waals surface area contributed by atoms with Crippen molar-refractivity contribution in [2.45, 2.75) is 0 Å². The lowest BCUT2D eigenvalue weighted by Crippen LogP contribution is -2.03. The number of hydrogen-bond donors (Lipinski definition) is 2. The van der Waals surface area contributed by atoms with Gasteiger partial charge >= 0.3 is 0 Å². The molecule has 0 fully saturated rings. The van der Waals surface area contributed by atoms with Crippen LogP contribution in [0.3, 0.4) is 0 Å². The number of phenolic OH excluding ortho intramolecular Hbond substituents is 2. The Morgan fingerprint density at radius 2 is 1.34 bits per heavy atom. The van der Waals surface area contributed by atoms with Crippen LogP contribution in [0.4, 0.5) is 0 Å². The lowest BCUT2D eigenvalue weighted by atomic mass is 9.92. The summed E-state index contributed by atoms with van der Waals surface area (Å²) >= 11 is 0. The SMILES string of the molecule is O=c1c2cc(-c3ccc(O)cc3)c(-c3ccccc3)cc2oc2cccc(O)c12. The molecule has 0 saturated carbocycles. The highest BCUT2D eigenvalue weighted by Crippen LogP contribution is 2.37. The van der Waals surface area contributed by atoms with Gasteiger partial charge in [0.25, 0.3) is 0 Å². The smallest absolute Gasteiger partial charge is 0.204 e. The predicted octanol–water partition coefficient (Wildman–Crippen LogP) is 5.69. The summed E-state index contributed by atoms with van der Waals surface area (Å²) in [6, 6.07) is 25.1. The van der Waals surface area contributed by atoms with Gasteiger partial charge in [-0.3, -0.25) is 4.79 Å². The van der Waals surface area contributed by atoms with Crippen molar-refractivity contribution in [3.05, 3.63) is 95.2 Å². The van der Waals surface area contributed by atoms with Gasteiger partial charge in [0.2, 0.25) is 5.43 Å². The van der Waals surface area contributed by atoms with Crippen molar-refractivity contribution >= 4 is 21.9 Å². The molecule has 140 valence electrons. The first-order valence-electron chi connectivity index (χ1n) is 9.19. The standard InChI is InChI=1S/C25H16O4/c26-17-11-9-16(10-12-17)18-13-20-23(14-19(18)15-5-2-1-3-6-15)29-22-8-4-7-21(27)24(22)25(20)28/h1-14,26-27H. The summed E-state index contributed by atoms with van der Waals surface area (Å²) in [5, 5.41) is 20.4. The topological polar surface area (TPSA) is 70.7 Å². The molecule has 5 rings (SSSR count). The summed E-state index contributed by atoms with van der Waals surface area (Å²) in [4.78, 5) is 13.1. The average Bonchev–Trinajstić information content (AvgIpc) is 2.74. The highest BCUT2D eigenvalue weighted by atomic mass is 16.3. The number of aromatic hydroxyl groups is 2. The summed E-state index contributed by atoms with van der Waals surface area (Å²) in [6.45, 7) is 0. The molecule has 2 N–H and O–H groups in total. The quantitative estimate of drug-likeness (QED) is 0.386. The first-order chi connectivity index (χ1) is 14.1. The highest BCUT2D eigenvalue weighted by Gasteiger charge is 2.16. The van der Waals surface area contributed by atoms with Crippen molar-refractivity contribution < 1.29 is 14.6 Å². The Morgan fingerprint density at radius 3 is 2.10 bits per heavy atom. The number of hydrogen-bond acceptors (Lipinski definition) is 4. The van der Waals surface area contributed by atoms with Gasteiger partial charge in [0, 0.05) is 0 Å². The third-order valence-corrected chi connectivity index (χ3v) is 5.08. The minimum Gasteiger partial charge on any atom is -0.508 e. The number of rotatable bonds is 2. The van der Waals surface area contributed by atoms with Crippen LogP contribution < -0.4 is 5.43 Å². The van der Waals surface area contributed by atoms with Crippen LogP contribution in [-0.2, 0) is 0 Å². The molecule has 4 heteroatoms. The fourth-order valence-corrected chi connectivity index (χ4v) is 3.66. The van der Waals surface area contributed by atoms with E-state index in [0.29, 0.717) is 16.6 Å². The molecule has 1 aromatic heterocycles. The molecule has 0 aliphatic heterocycles. The molecule has 0 bridgehead atoms. The van der Waals surface area contributed by atoms with Crippen LogP contribution in [0.25, 0.3) is 44.2 Å². The Labute approximate surface area is 165 Å². The molecule has 0 atom stereocenters. The highest BCUT2D eigenvalue weighted by molar-refractivity contribution is 5.99. The minimum atomic E-state index is -0.279. The number of phenols is 2. The monoisotopic (exact) mass is 380 g/mol. The van der Waals surface area contributed by atoms with Crippen molar-refractivity contribution in [2.24, 2.45) is 0 Å². The predicted molar refractivity (Wildman–Crippen MR) is 114 cm³/mol. The van der Waals surface area contributed by atoms with E-state index >= 15 is 0 Å². The molecule has 1 heterocycles. The lowest BCUT2D eigenvalue weighted by molar-refractivity contribution is 0.475. The van der Waals surface area contributed by atoms with Crippen LogP contribution in [0.2, 0.25) is 0 Å². The van der Waals surface area contributed by atoms with Gasteiger partial charge in [-0.2, -0.15) is 0 Å². The molecule has 0 saturated heterocycles. The maximum atomic E-state index is 13.1. The number of benzene rings is 4. The fourth-order valence-electron chi connectivity index (χ4n) is 3.66. The zero-order valence-electron chi connectivity index (χ0n) is 15.3. The van der Waals surface area contributed by atoms with Crippen molar-refractivity contribution in [3.63, 3.8) is 0 Å². The van der Waals surface area contributed by atoms with E-state index < -0.39 is 0 Å². The van der Waals surface area contributed by atoms with Gasteiger partial charge in [0.1, 0.15) is 28.1 Å². The van der Waals surface area contributed by atoms with Gasteiger partial charge in [-0.05, 0) is 58.7 Å². The minimum absolute atomic E-state index is 0.100. The van der Waals surface area contributed by atoms with E-state index in [1.807, 2.05) is 48.5 Å². The van der Waals surface area contributed by atoms with E-state index in [0.717, 1.165) is 22.3 Å². The van der Waals surface area contributed by atoms with Crippen LogP contribution in [0, 0.1) is 0 Å². The Hall–Kier alpha value is -4.05. The summed E-state index contributed by atoms with van der Waals surface area (Å²) in [5.74, 6) is 0.0719. The Bertz CT molecular complexity index is 1420. The van der Waals surface area contributed by atoms with Crippen LogP contribution in [0.15, 0.2) is 94.1 Å². The van der Waals surface area contributed by atoms with Crippen LogP contribution in [0.5, 0.6) is 11.5 Å². The summed E-state index contributed by atoms with van der Waals surface area (Å²) in [7, 11) is 0. The van der Waals surface area contributed by atoms with Gasteiger partial charge < -0.3 is 14.6 Å². The average molecular weight is 380 g/mol. The molecule has 0 aliphatic rings. The van der Waals surface area contributed by atoms with Crippen LogP contribution in [-0.4, -0.2) is 10.2 Å². The molecular formula is C25H16O4. The maximum Gasteiger partial charge on any atom is 0.204 e. The van der Waals surface area contributed by atoms with Crippen LogP contribution >= 0.6 is 0 Å². The molecule has 0 aliphatic carbocycles. The fraction of sp³-hybridized carbons (Fsp3) is 0. The summed E-state index contributed by atoms with van der Waals surface area (Å²) in [6.07, 6.45) is 0. The molecule has 0 unspecified atom stereocenters. The summed E-state index contributed by atoms with van der Waals surface area (Å²) < 4.78 is 5.98. The Morgan fingerprint density at radius 1 is 0.655 bits per heavy atom. The van der Waals surface area contributed by atoms with E-state index in [1.54, 1.807) is 30.3 Å². The normalized spacial score (nSPS) is 11.2. The molecule has 5 aromatic rings.